The number of anilines is 2. The van der Waals surface area contributed by atoms with E-state index in [9.17, 15) is 0 Å². The highest BCUT2D eigenvalue weighted by Crippen LogP contribution is 2.28. The van der Waals surface area contributed by atoms with Crippen LogP contribution >= 0.6 is 23.1 Å². The number of nitrogens with one attached hydrogen (secondary N) is 1. The lowest BCUT2D eigenvalue weighted by atomic mass is 10.1. The van der Waals surface area contributed by atoms with E-state index in [2.05, 4.69) is 47.6 Å². The van der Waals surface area contributed by atoms with Crippen molar-refractivity contribution < 1.29 is 4.74 Å². The van der Waals surface area contributed by atoms with Gasteiger partial charge in [-0.3, -0.25) is 0 Å². The molecule has 0 fully saturated rings. The van der Waals surface area contributed by atoms with Crippen molar-refractivity contribution in [2.24, 2.45) is 0 Å². The lowest BCUT2D eigenvalue weighted by molar-refractivity contribution is 0.200. The highest BCUT2D eigenvalue weighted by Gasteiger charge is 2.05. The zero-order chi connectivity index (χ0) is 14.4. The number of aromatic nitrogens is 2. The van der Waals surface area contributed by atoms with Crippen molar-refractivity contribution in [3.63, 3.8) is 0 Å². The van der Waals surface area contributed by atoms with Crippen LogP contribution < -0.4 is 5.32 Å². The van der Waals surface area contributed by atoms with Crippen molar-refractivity contribution in [2.45, 2.75) is 24.6 Å². The van der Waals surface area contributed by atoms with Crippen LogP contribution in [0.4, 0.5) is 10.8 Å². The van der Waals surface area contributed by atoms with Gasteiger partial charge in [0.1, 0.15) is 0 Å². The van der Waals surface area contributed by atoms with Crippen LogP contribution in [0.3, 0.4) is 0 Å². The molecule has 1 N–H and O–H groups in total. The summed E-state index contributed by atoms with van der Waals surface area (Å²) >= 11 is 3.31. The van der Waals surface area contributed by atoms with Gasteiger partial charge in [0.15, 0.2) is 4.34 Å². The normalized spacial score (nSPS) is 10.8. The molecule has 0 bridgehead atoms. The Kier molecular flexibility index (Phi) is 5.82. The first kappa shape index (κ1) is 15.3. The van der Waals surface area contributed by atoms with Crippen LogP contribution in [0.15, 0.2) is 22.5 Å². The highest BCUT2D eigenvalue weighted by atomic mass is 32.2. The third kappa shape index (κ3) is 4.47. The maximum Gasteiger partial charge on any atom is 0.210 e. The Hall–Kier alpha value is -1.11. The Morgan fingerprint density at radius 2 is 2.10 bits per heavy atom. The smallest absolute Gasteiger partial charge is 0.210 e. The van der Waals surface area contributed by atoms with Crippen molar-refractivity contribution in [1.82, 2.24) is 10.2 Å². The molecule has 0 atom stereocenters. The molecule has 4 nitrogen and oxygen atoms in total. The minimum atomic E-state index is 0.791. The second kappa shape index (κ2) is 7.61. The van der Waals surface area contributed by atoms with Gasteiger partial charge in [-0.1, -0.05) is 29.2 Å². The van der Waals surface area contributed by atoms with Gasteiger partial charge in [0.2, 0.25) is 5.13 Å². The van der Waals surface area contributed by atoms with Gasteiger partial charge in [-0.2, -0.15) is 0 Å². The van der Waals surface area contributed by atoms with E-state index in [0.717, 1.165) is 33.9 Å². The van der Waals surface area contributed by atoms with Gasteiger partial charge in [-0.25, -0.2) is 0 Å². The molecule has 0 aliphatic rings. The molecule has 1 aromatic carbocycles. The van der Waals surface area contributed by atoms with E-state index < -0.39 is 0 Å². The van der Waals surface area contributed by atoms with Crippen molar-refractivity contribution >= 4 is 33.9 Å². The number of nitrogens with zero attached hydrogens (tertiary/aromatic N) is 2. The minimum absolute atomic E-state index is 0.791. The summed E-state index contributed by atoms with van der Waals surface area (Å²) in [4.78, 5) is 0. The Labute approximate surface area is 128 Å². The molecule has 2 aromatic rings. The van der Waals surface area contributed by atoms with E-state index in [1.807, 2.05) is 0 Å². The minimum Gasteiger partial charge on any atom is -0.385 e. The average molecular weight is 309 g/mol. The van der Waals surface area contributed by atoms with Crippen LogP contribution in [0.2, 0.25) is 0 Å². The van der Waals surface area contributed by atoms with E-state index in [0.29, 0.717) is 0 Å². The quantitative estimate of drug-likeness (QED) is 0.618. The Morgan fingerprint density at radius 1 is 1.25 bits per heavy atom. The summed E-state index contributed by atoms with van der Waals surface area (Å²) in [6.07, 6.45) is 1.03. The highest BCUT2D eigenvalue weighted by molar-refractivity contribution is 8.01. The van der Waals surface area contributed by atoms with Crippen molar-refractivity contribution in [2.75, 3.05) is 24.8 Å². The van der Waals surface area contributed by atoms with Gasteiger partial charge in [0.25, 0.3) is 0 Å². The van der Waals surface area contributed by atoms with Crippen LogP contribution in [0.1, 0.15) is 17.5 Å². The predicted molar refractivity (Wildman–Crippen MR) is 86.3 cm³/mol. The molecule has 0 radical (unpaired) electrons. The molecule has 0 saturated heterocycles. The Balaban J connectivity index is 1.90. The van der Waals surface area contributed by atoms with E-state index in [-0.39, 0.29) is 0 Å². The topological polar surface area (TPSA) is 47.0 Å². The monoisotopic (exact) mass is 309 g/mol. The second-order valence-corrected chi connectivity index (χ2v) is 6.81. The first-order chi connectivity index (χ1) is 9.69. The SMILES string of the molecule is COCCCSc1nnc(Nc2ccc(C)c(C)c2)s1. The van der Waals surface area contributed by atoms with E-state index in [1.165, 1.54) is 11.1 Å². The molecule has 0 spiro atoms. The molecular weight excluding hydrogens is 290 g/mol. The zero-order valence-corrected chi connectivity index (χ0v) is 13.6. The molecule has 0 aliphatic carbocycles. The van der Waals surface area contributed by atoms with Gasteiger partial charge in [-0.05, 0) is 43.5 Å². The van der Waals surface area contributed by atoms with Gasteiger partial charge >= 0.3 is 0 Å². The van der Waals surface area contributed by atoms with Crippen LogP contribution in [0.5, 0.6) is 0 Å². The third-order valence-electron chi connectivity index (χ3n) is 2.88. The maximum atomic E-state index is 5.03. The Bertz CT molecular complexity index is 557. The number of thioether (sulfide) groups is 1. The molecular formula is C14H19N3OS2. The summed E-state index contributed by atoms with van der Waals surface area (Å²) < 4.78 is 6.02. The number of aryl methyl sites for hydroxylation is 2. The van der Waals surface area contributed by atoms with Gasteiger partial charge in [0.05, 0.1) is 0 Å². The maximum absolute atomic E-state index is 5.03. The van der Waals surface area contributed by atoms with Crippen molar-refractivity contribution in [1.29, 1.82) is 0 Å². The summed E-state index contributed by atoms with van der Waals surface area (Å²) in [7, 11) is 1.72. The number of hydrogen-bond donors (Lipinski definition) is 1. The molecule has 1 aromatic heterocycles. The van der Waals surface area contributed by atoms with Crippen molar-refractivity contribution in [3.05, 3.63) is 29.3 Å². The third-order valence-corrected chi connectivity index (χ3v) is 4.94. The van der Waals surface area contributed by atoms with E-state index >= 15 is 0 Å². The van der Waals surface area contributed by atoms with Gasteiger partial charge in [0, 0.05) is 25.2 Å². The fourth-order valence-corrected chi connectivity index (χ4v) is 3.38. The van der Waals surface area contributed by atoms with E-state index in [1.54, 1.807) is 30.2 Å². The molecule has 20 heavy (non-hydrogen) atoms. The van der Waals surface area contributed by atoms with Crippen LogP contribution in [0.25, 0.3) is 0 Å². The molecule has 1 heterocycles. The molecule has 0 amide bonds. The molecule has 2 rings (SSSR count). The van der Waals surface area contributed by atoms with Gasteiger partial charge in [-0.15, -0.1) is 10.2 Å². The van der Waals surface area contributed by atoms with Crippen molar-refractivity contribution in [3.8, 4) is 0 Å². The summed E-state index contributed by atoms with van der Waals surface area (Å²) in [6, 6.07) is 6.30. The summed E-state index contributed by atoms with van der Waals surface area (Å²) in [5.74, 6) is 1.01. The summed E-state index contributed by atoms with van der Waals surface area (Å²) in [5.41, 5.74) is 3.62. The first-order valence-electron chi connectivity index (χ1n) is 6.48. The molecule has 6 heteroatoms. The molecule has 0 unspecified atom stereocenters. The summed E-state index contributed by atoms with van der Waals surface area (Å²) in [6.45, 7) is 5.01. The molecule has 0 aliphatic heterocycles. The van der Waals surface area contributed by atoms with Gasteiger partial charge < -0.3 is 10.1 Å². The second-order valence-electron chi connectivity index (χ2n) is 4.49. The fraction of sp³-hybridized carbons (Fsp3) is 0.429. The number of ether oxygens (including phenoxy) is 1. The largest absolute Gasteiger partial charge is 0.385 e. The molecule has 0 saturated carbocycles. The number of methoxy groups -OCH3 is 1. The standard InChI is InChI=1S/C14H19N3OS2/c1-10-5-6-12(9-11(10)2)15-13-16-17-14(20-13)19-8-4-7-18-3/h5-6,9H,4,7-8H2,1-3H3,(H,15,16). The number of hydrogen-bond acceptors (Lipinski definition) is 6. The lowest BCUT2D eigenvalue weighted by Crippen LogP contribution is -1.91. The first-order valence-corrected chi connectivity index (χ1v) is 8.29. The number of benzene rings is 1. The van der Waals surface area contributed by atoms with Crippen LogP contribution in [-0.2, 0) is 4.74 Å². The van der Waals surface area contributed by atoms with Crippen LogP contribution in [-0.4, -0.2) is 29.7 Å². The molecule has 108 valence electrons. The zero-order valence-electron chi connectivity index (χ0n) is 12.0. The van der Waals surface area contributed by atoms with E-state index in [4.69, 9.17) is 4.74 Å². The lowest BCUT2D eigenvalue weighted by Gasteiger charge is -2.05. The Morgan fingerprint density at radius 3 is 2.85 bits per heavy atom. The predicted octanol–water partition coefficient (Wildman–Crippen LogP) is 4.03. The number of rotatable bonds is 7. The average Bonchev–Trinajstić information content (AvgIpc) is 2.87. The fourth-order valence-electron chi connectivity index (χ4n) is 1.62. The van der Waals surface area contributed by atoms with Crippen LogP contribution in [0, 0.1) is 13.8 Å². The summed E-state index contributed by atoms with van der Waals surface area (Å²) in [5, 5.41) is 12.5.